The first kappa shape index (κ1) is 14.7. The van der Waals surface area contributed by atoms with Crippen LogP contribution in [0.25, 0.3) is 0 Å². The fourth-order valence-electron chi connectivity index (χ4n) is 2.31. The Morgan fingerprint density at radius 3 is 3.05 bits per heavy atom. The number of nitrogens with one attached hydrogen (secondary N) is 1. The van der Waals surface area contributed by atoms with Crippen molar-refractivity contribution >= 4 is 11.8 Å². The predicted molar refractivity (Wildman–Crippen MR) is 79.6 cm³/mol. The number of urea groups is 1. The number of pyridine rings is 1. The fraction of sp³-hybridized carbons (Fsp3) is 0.400. The minimum Gasteiger partial charge on any atom is -0.354 e. The summed E-state index contributed by atoms with van der Waals surface area (Å²) in [6.45, 7) is 2.90. The van der Waals surface area contributed by atoms with E-state index in [1.807, 2.05) is 4.90 Å². The second-order valence-corrected chi connectivity index (χ2v) is 4.68. The molecular formula is C15H17N5O. The molecule has 0 bridgehead atoms. The molecule has 2 rings (SSSR count). The van der Waals surface area contributed by atoms with Gasteiger partial charge in [0.15, 0.2) is 0 Å². The van der Waals surface area contributed by atoms with Crippen molar-refractivity contribution in [1.82, 2.24) is 15.2 Å². The van der Waals surface area contributed by atoms with Crippen LogP contribution >= 0.6 is 0 Å². The molecule has 1 aromatic heterocycles. The van der Waals surface area contributed by atoms with Gasteiger partial charge in [-0.15, -0.1) is 6.42 Å². The first-order chi connectivity index (χ1) is 10.3. The highest BCUT2D eigenvalue weighted by atomic mass is 16.2. The molecule has 0 unspecified atom stereocenters. The molecule has 6 nitrogen and oxygen atoms in total. The Morgan fingerprint density at radius 1 is 1.43 bits per heavy atom. The van der Waals surface area contributed by atoms with E-state index in [1.54, 1.807) is 23.2 Å². The lowest BCUT2D eigenvalue weighted by atomic mass is 10.2. The number of nitriles is 1. The molecule has 21 heavy (non-hydrogen) atoms. The molecule has 2 amide bonds. The van der Waals surface area contributed by atoms with Crippen LogP contribution in [0.1, 0.15) is 12.0 Å². The monoisotopic (exact) mass is 283 g/mol. The van der Waals surface area contributed by atoms with E-state index < -0.39 is 0 Å². The third kappa shape index (κ3) is 3.64. The molecule has 1 aliphatic rings. The number of rotatable bonds is 2. The number of amides is 2. The van der Waals surface area contributed by atoms with Crippen molar-refractivity contribution in [3.63, 3.8) is 0 Å². The van der Waals surface area contributed by atoms with E-state index in [-0.39, 0.29) is 12.6 Å². The second-order valence-electron chi connectivity index (χ2n) is 4.68. The van der Waals surface area contributed by atoms with Gasteiger partial charge >= 0.3 is 6.03 Å². The first-order valence-corrected chi connectivity index (χ1v) is 6.82. The van der Waals surface area contributed by atoms with E-state index in [4.69, 9.17) is 11.7 Å². The fourth-order valence-corrected chi connectivity index (χ4v) is 2.31. The lowest BCUT2D eigenvalue weighted by Gasteiger charge is -2.23. The van der Waals surface area contributed by atoms with Gasteiger partial charge < -0.3 is 15.1 Å². The molecule has 1 aliphatic heterocycles. The summed E-state index contributed by atoms with van der Waals surface area (Å²) in [7, 11) is 0. The molecule has 0 spiro atoms. The van der Waals surface area contributed by atoms with Gasteiger partial charge in [0.1, 0.15) is 11.9 Å². The van der Waals surface area contributed by atoms with Gasteiger partial charge in [-0.3, -0.25) is 0 Å². The summed E-state index contributed by atoms with van der Waals surface area (Å²) >= 11 is 0. The molecule has 0 saturated carbocycles. The Hall–Kier alpha value is -2.73. The van der Waals surface area contributed by atoms with Crippen LogP contribution in [-0.4, -0.2) is 48.6 Å². The van der Waals surface area contributed by atoms with Crippen molar-refractivity contribution < 1.29 is 4.79 Å². The molecule has 108 valence electrons. The van der Waals surface area contributed by atoms with Crippen LogP contribution in [-0.2, 0) is 0 Å². The molecule has 1 fully saturated rings. The van der Waals surface area contributed by atoms with Crippen molar-refractivity contribution in [2.45, 2.75) is 6.42 Å². The number of aromatic nitrogens is 1. The van der Waals surface area contributed by atoms with Gasteiger partial charge in [0.25, 0.3) is 0 Å². The van der Waals surface area contributed by atoms with Gasteiger partial charge in [-0.25, -0.2) is 9.78 Å². The van der Waals surface area contributed by atoms with Gasteiger partial charge in [-0.1, -0.05) is 5.92 Å². The number of carbonyl (C=O) groups is 1. The Morgan fingerprint density at radius 2 is 2.29 bits per heavy atom. The summed E-state index contributed by atoms with van der Waals surface area (Å²) in [5.74, 6) is 3.07. The number of hydrogen-bond acceptors (Lipinski definition) is 4. The topological polar surface area (TPSA) is 72.3 Å². The van der Waals surface area contributed by atoms with Crippen LogP contribution < -0.4 is 10.2 Å². The Labute approximate surface area is 124 Å². The van der Waals surface area contributed by atoms with Gasteiger partial charge in [-0.05, 0) is 18.6 Å². The lowest BCUT2D eigenvalue weighted by molar-refractivity contribution is 0.203. The zero-order chi connectivity index (χ0) is 15.1. The highest BCUT2D eigenvalue weighted by Crippen LogP contribution is 2.18. The molecule has 2 heterocycles. The summed E-state index contributed by atoms with van der Waals surface area (Å²) in [6, 6.07) is 5.52. The van der Waals surface area contributed by atoms with E-state index in [0.717, 1.165) is 13.0 Å². The minimum absolute atomic E-state index is 0.142. The van der Waals surface area contributed by atoms with Crippen LogP contribution in [0.15, 0.2) is 18.3 Å². The summed E-state index contributed by atoms with van der Waals surface area (Å²) in [6.07, 6.45) is 7.64. The predicted octanol–water partition coefficient (Wildman–Crippen LogP) is 0.808. The highest BCUT2D eigenvalue weighted by molar-refractivity contribution is 5.74. The largest absolute Gasteiger partial charge is 0.354 e. The maximum Gasteiger partial charge on any atom is 0.318 e. The standard InChI is InChI=1S/C15H17N5O/c1-2-6-18-15(21)20-9-4-8-19(10-11-20)14-13(12-16)5-3-7-17-14/h1,3,5,7H,4,6,8-11H2,(H,18,21). The third-order valence-corrected chi connectivity index (χ3v) is 3.33. The Bertz CT molecular complexity index is 586. The molecular weight excluding hydrogens is 266 g/mol. The number of carbonyl (C=O) groups excluding carboxylic acids is 1. The van der Waals surface area contributed by atoms with Crippen molar-refractivity contribution in [3.8, 4) is 18.4 Å². The van der Waals surface area contributed by atoms with Gasteiger partial charge in [0.2, 0.25) is 0 Å². The SMILES string of the molecule is C#CCNC(=O)N1CCCN(c2ncccc2C#N)CC1. The number of hydrogen-bond donors (Lipinski definition) is 1. The van der Waals surface area contributed by atoms with Crippen molar-refractivity contribution in [3.05, 3.63) is 23.9 Å². The van der Waals surface area contributed by atoms with Crippen LogP contribution in [0.2, 0.25) is 0 Å². The summed E-state index contributed by atoms with van der Waals surface area (Å²) in [4.78, 5) is 20.0. The van der Waals surface area contributed by atoms with Gasteiger partial charge in [-0.2, -0.15) is 5.26 Å². The normalized spacial score (nSPS) is 14.8. The molecule has 0 aromatic carbocycles. The average molecular weight is 283 g/mol. The number of anilines is 1. The minimum atomic E-state index is -0.142. The van der Waals surface area contributed by atoms with Crippen molar-refractivity contribution in [2.75, 3.05) is 37.6 Å². The molecule has 0 atom stereocenters. The molecule has 6 heteroatoms. The number of terminal acetylenes is 1. The smallest absolute Gasteiger partial charge is 0.318 e. The van der Waals surface area contributed by atoms with Gasteiger partial charge in [0, 0.05) is 32.4 Å². The van der Waals surface area contributed by atoms with E-state index in [0.29, 0.717) is 31.0 Å². The molecule has 0 aliphatic carbocycles. The van der Waals surface area contributed by atoms with Gasteiger partial charge in [0.05, 0.1) is 12.1 Å². The quantitative estimate of drug-likeness (QED) is 0.815. The summed E-state index contributed by atoms with van der Waals surface area (Å²) in [5, 5.41) is 11.8. The third-order valence-electron chi connectivity index (χ3n) is 3.33. The lowest BCUT2D eigenvalue weighted by Crippen LogP contribution is -2.42. The number of nitrogens with zero attached hydrogens (tertiary/aromatic N) is 4. The Kier molecular flexibility index (Phi) is 5.00. The highest BCUT2D eigenvalue weighted by Gasteiger charge is 2.20. The Balaban J connectivity index is 2.03. The average Bonchev–Trinajstić information content (AvgIpc) is 2.78. The van der Waals surface area contributed by atoms with Crippen LogP contribution in [0, 0.1) is 23.7 Å². The molecule has 1 N–H and O–H groups in total. The van der Waals surface area contributed by atoms with Crippen LogP contribution in [0.5, 0.6) is 0 Å². The maximum atomic E-state index is 11.9. The van der Waals surface area contributed by atoms with Crippen molar-refractivity contribution in [2.24, 2.45) is 0 Å². The zero-order valence-electron chi connectivity index (χ0n) is 11.7. The van der Waals surface area contributed by atoms with E-state index >= 15 is 0 Å². The second kappa shape index (κ2) is 7.16. The maximum absolute atomic E-state index is 11.9. The van der Waals surface area contributed by atoms with E-state index in [1.165, 1.54) is 0 Å². The molecule has 1 saturated heterocycles. The van der Waals surface area contributed by atoms with Crippen LogP contribution in [0.4, 0.5) is 10.6 Å². The van der Waals surface area contributed by atoms with Crippen LogP contribution in [0.3, 0.4) is 0 Å². The first-order valence-electron chi connectivity index (χ1n) is 6.82. The summed E-state index contributed by atoms with van der Waals surface area (Å²) in [5.41, 5.74) is 0.558. The summed E-state index contributed by atoms with van der Waals surface area (Å²) < 4.78 is 0. The molecule has 0 radical (unpaired) electrons. The van der Waals surface area contributed by atoms with E-state index in [2.05, 4.69) is 22.3 Å². The van der Waals surface area contributed by atoms with Crippen molar-refractivity contribution in [1.29, 1.82) is 5.26 Å². The van der Waals surface area contributed by atoms with E-state index in [9.17, 15) is 4.79 Å². The zero-order valence-corrected chi connectivity index (χ0v) is 11.7. The molecule has 1 aromatic rings.